The highest BCUT2D eigenvalue weighted by atomic mass is 16.3. The average Bonchev–Trinajstić information content (AvgIpc) is 3.32. The minimum absolute atomic E-state index is 0.0832. The van der Waals surface area contributed by atoms with Gasteiger partial charge in [0.15, 0.2) is 0 Å². The van der Waals surface area contributed by atoms with E-state index in [0.29, 0.717) is 6.42 Å². The third-order valence-electron chi connectivity index (χ3n) is 12.2. The van der Waals surface area contributed by atoms with Gasteiger partial charge in [0.05, 0.1) is 18.8 Å². The van der Waals surface area contributed by atoms with Crippen molar-refractivity contribution in [1.29, 1.82) is 0 Å². The fraction of sp³-hybridized carbons (Fsp3) is 0.694. The van der Waals surface area contributed by atoms with Crippen molar-refractivity contribution in [2.24, 2.45) is 0 Å². The quantitative estimate of drug-likeness (QED) is 0.0421. The van der Waals surface area contributed by atoms with E-state index in [1.165, 1.54) is 154 Å². The van der Waals surface area contributed by atoms with Crippen LogP contribution in [0.2, 0.25) is 0 Å². The Labute approximate surface area is 410 Å². The Morgan fingerprint density at radius 3 is 1.06 bits per heavy atom. The van der Waals surface area contributed by atoms with E-state index in [1.54, 1.807) is 6.08 Å². The Balaban J connectivity index is 3.62. The second-order valence-corrected chi connectivity index (χ2v) is 18.6. The van der Waals surface area contributed by atoms with Gasteiger partial charge in [0, 0.05) is 6.42 Å². The first kappa shape index (κ1) is 63.0. The van der Waals surface area contributed by atoms with Gasteiger partial charge in [0.25, 0.3) is 0 Å². The van der Waals surface area contributed by atoms with Crippen LogP contribution < -0.4 is 5.32 Å². The van der Waals surface area contributed by atoms with Gasteiger partial charge < -0.3 is 15.5 Å². The minimum atomic E-state index is -0.873. The number of aliphatic hydroxyl groups is 2. The maximum Gasteiger partial charge on any atom is 0.220 e. The van der Waals surface area contributed by atoms with E-state index in [9.17, 15) is 15.0 Å². The molecule has 0 rings (SSSR count). The molecule has 0 spiro atoms. The maximum absolute atomic E-state index is 12.5. The summed E-state index contributed by atoms with van der Waals surface area (Å²) in [6.45, 7) is 4.19. The van der Waals surface area contributed by atoms with Crippen LogP contribution in [0.5, 0.6) is 0 Å². The highest BCUT2D eigenvalue weighted by Crippen LogP contribution is 2.15. The van der Waals surface area contributed by atoms with E-state index < -0.39 is 12.1 Å². The van der Waals surface area contributed by atoms with Crippen molar-refractivity contribution in [2.75, 3.05) is 6.61 Å². The van der Waals surface area contributed by atoms with Crippen LogP contribution in [0.15, 0.2) is 109 Å². The standard InChI is InChI=1S/C62H107NO3/c1-3-5-7-9-11-13-15-17-19-21-23-25-27-28-29-30-31-32-33-34-36-38-40-42-44-46-48-50-52-54-56-58-62(66)63-60(59-64)61(65)57-55-53-51-49-47-45-43-41-39-37-35-26-24-22-20-18-16-14-12-10-8-6-4-2/h5,7,11,13,17,19,23,25,28-29,31-32,34,36,47,49,55,57,60-61,64-65H,3-4,6,8-10,12,14-16,18,20-22,24,26-27,30,33,35,37-46,48,50-54,56,58-59H2,1-2H3,(H,63,66)/b7-5-,13-11-,19-17-,25-23-,29-28-,32-31-,36-34-,49-47+,57-55+. The molecule has 0 heterocycles. The molecule has 66 heavy (non-hydrogen) atoms. The zero-order chi connectivity index (χ0) is 47.7. The Bertz CT molecular complexity index is 1270. The number of carbonyl (C=O) groups excluding carboxylic acids is 1. The molecule has 0 bridgehead atoms. The van der Waals surface area contributed by atoms with Gasteiger partial charge in [-0.25, -0.2) is 0 Å². The predicted octanol–water partition coefficient (Wildman–Crippen LogP) is 18.7. The van der Waals surface area contributed by atoms with Gasteiger partial charge in [0.2, 0.25) is 5.91 Å². The third-order valence-corrected chi connectivity index (χ3v) is 12.2. The number of aliphatic hydroxyl groups excluding tert-OH is 2. The second kappa shape index (κ2) is 56.4. The predicted molar refractivity (Wildman–Crippen MR) is 294 cm³/mol. The van der Waals surface area contributed by atoms with Crippen molar-refractivity contribution < 1.29 is 15.0 Å². The molecule has 0 radical (unpaired) electrons. The van der Waals surface area contributed by atoms with E-state index in [2.05, 4.69) is 116 Å². The van der Waals surface area contributed by atoms with Gasteiger partial charge in [-0.3, -0.25) is 4.79 Å². The highest BCUT2D eigenvalue weighted by molar-refractivity contribution is 5.76. The summed E-state index contributed by atoms with van der Waals surface area (Å²) in [5.74, 6) is -0.0832. The molecule has 378 valence electrons. The summed E-state index contributed by atoms with van der Waals surface area (Å²) in [4.78, 5) is 12.5. The minimum Gasteiger partial charge on any atom is -0.394 e. The second-order valence-electron chi connectivity index (χ2n) is 18.6. The molecule has 0 aliphatic heterocycles. The first-order chi connectivity index (χ1) is 32.7. The maximum atomic E-state index is 12.5. The molecule has 4 nitrogen and oxygen atoms in total. The SMILES string of the molecule is CC/C=C\C/C=C\C/C=C\C/C=C\C/C=C\C/C=C\C/C=C\CCCCCCCCCCCC(=O)NC(CO)C(O)/C=C/CC/C=C/CCCCCCCCCCCCCCCCCCC. The molecular weight excluding hydrogens is 807 g/mol. The summed E-state index contributed by atoms with van der Waals surface area (Å²) >= 11 is 0. The molecule has 0 aliphatic rings. The summed E-state index contributed by atoms with van der Waals surface area (Å²) in [5.41, 5.74) is 0. The Morgan fingerprint density at radius 2 is 0.682 bits per heavy atom. The van der Waals surface area contributed by atoms with Crippen molar-refractivity contribution in [2.45, 2.75) is 270 Å². The normalized spacial score (nSPS) is 13.7. The summed E-state index contributed by atoms with van der Waals surface area (Å²) in [7, 11) is 0. The molecule has 0 aromatic rings. The average molecular weight is 915 g/mol. The van der Waals surface area contributed by atoms with Crippen LogP contribution in [0.4, 0.5) is 0 Å². The van der Waals surface area contributed by atoms with Crippen LogP contribution in [0.1, 0.15) is 258 Å². The van der Waals surface area contributed by atoms with Gasteiger partial charge in [0.1, 0.15) is 0 Å². The van der Waals surface area contributed by atoms with Crippen LogP contribution in [0.3, 0.4) is 0 Å². The van der Waals surface area contributed by atoms with Crippen molar-refractivity contribution >= 4 is 5.91 Å². The highest BCUT2D eigenvalue weighted by Gasteiger charge is 2.17. The van der Waals surface area contributed by atoms with Gasteiger partial charge >= 0.3 is 0 Å². The molecule has 3 N–H and O–H groups in total. The Kier molecular flexibility index (Phi) is 53.9. The number of hydrogen-bond donors (Lipinski definition) is 3. The van der Waals surface area contributed by atoms with E-state index in [-0.39, 0.29) is 12.5 Å². The molecule has 2 unspecified atom stereocenters. The van der Waals surface area contributed by atoms with Crippen LogP contribution in [-0.4, -0.2) is 34.9 Å². The van der Waals surface area contributed by atoms with Crippen molar-refractivity contribution in [3.8, 4) is 0 Å². The molecule has 0 saturated heterocycles. The Morgan fingerprint density at radius 1 is 0.379 bits per heavy atom. The fourth-order valence-electron chi connectivity index (χ4n) is 8.00. The zero-order valence-corrected chi connectivity index (χ0v) is 43.4. The topological polar surface area (TPSA) is 69.6 Å². The smallest absolute Gasteiger partial charge is 0.220 e. The van der Waals surface area contributed by atoms with Crippen molar-refractivity contribution in [3.05, 3.63) is 109 Å². The molecule has 0 aromatic carbocycles. The van der Waals surface area contributed by atoms with Gasteiger partial charge in [-0.05, 0) is 89.9 Å². The first-order valence-corrected chi connectivity index (χ1v) is 28.1. The molecular formula is C62H107NO3. The summed E-state index contributed by atoms with van der Waals surface area (Å²) < 4.78 is 0. The monoisotopic (exact) mass is 914 g/mol. The van der Waals surface area contributed by atoms with Crippen LogP contribution >= 0.6 is 0 Å². The Hall–Kier alpha value is -2.95. The number of hydrogen-bond acceptors (Lipinski definition) is 3. The number of carbonyl (C=O) groups is 1. The summed E-state index contributed by atoms with van der Waals surface area (Å²) in [5, 5.41) is 23.1. The lowest BCUT2D eigenvalue weighted by Gasteiger charge is -2.19. The third kappa shape index (κ3) is 52.0. The molecule has 1 amide bonds. The number of rotatable bonds is 50. The summed E-state index contributed by atoms with van der Waals surface area (Å²) in [6, 6.07) is -0.651. The van der Waals surface area contributed by atoms with E-state index >= 15 is 0 Å². The number of nitrogens with one attached hydrogen (secondary N) is 1. The lowest BCUT2D eigenvalue weighted by molar-refractivity contribution is -0.123. The zero-order valence-electron chi connectivity index (χ0n) is 43.4. The number of unbranched alkanes of at least 4 members (excludes halogenated alkanes) is 27. The molecule has 0 fully saturated rings. The molecule has 2 atom stereocenters. The van der Waals surface area contributed by atoms with Gasteiger partial charge in [-0.2, -0.15) is 0 Å². The van der Waals surface area contributed by atoms with Crippen LogP contribution in [0.25, 0.3) is 0 Å². The molecule has 4 heteroatoms. The number of allylic oxidation sites excluding steroid dienone is 17. The first-order valence-electron chi connectivity index (χ1n) is 28.1. The van der Waals surface area contributed by atoms with Crippen LogP contribution in [-0.2, 0) is 4.79 Å². The largest absolute Gasteiger partial charge is 0.394 e. The van der Waals surface area contributed by atoms with Crippen LogP contribution in [0, 0.1) is 0 Å². The molecule has 0 saturated carbocycles. The molecule has 0 aliphatic carbocycles. The number of amides is 1. The van der Waals surface area contributed by atoms with Gasteiger partial charge in [-0.1, -0.05) is 271 Å². The summed E-state index contributed by atoms with van der Waals surface area (Å²) in [6.07, 6.45) is 85.3. The van der Waals surface area contributed by atoms with Crippen molar-refractivity contribution in [3.63, 3.8) is 0 Å². The van der Waals surface area contributed by atoms with E-state index in [4.69, 9.17) is 0 Å². The van der Waals surface area contributed by atoms with Gasteiger partial charge in [-0.15, -0.1) is 0 Å². The lowest BCUT2D eigenvalue weighted by Crippen LogP contribution is -2.45. The fourth-order valence-corrected chi connectivity index (χ4v) is 8.00. The van der Waals surface area contributed by atoms with Crippen molar-refractivity contribution in [1.82, 2.24) is 5.32 Å². The van der Waals surface area contributed by atoms with E-state index in [0.717, 1.165) is 83.5 Å². The molecule has 0 aromatic heterocycles. The van der Waals surface area contributed by atoms with E-state index in [1.807, 2.05) is 6.08 Å². The lowest BCUT2D eigenvalue weighted by atomic mass is 10.0.